The summed E-state index contributed by atoms with van der Waals surface area (Å²) in [5.74, 6) is 0. The van der Waals surface area contributed by atoms with Crippen LogP contribution in [-0.2, 0) is 0 Å². The van der Waals surface area contributed by atoms with Crippen molar-refractivity contribution in [3.8, 4) is 0 Å². The van der Waals surface area contributed by atoms with Gasteiger partial charge < -0.3 is 5.11 Å². The minimum absolute atomic E-state index is 0.351. The van der Waals surface area contributed by atoms with Gasteiger partial charge in [-0.1, -0.05) is 23.8 Å². The minimum atomic E-state index is -0.351. The van der Waals surface area contributed by atoms with Crippen molar-refractivity contribution in [2.45, 2.75) is 26.9 Å². The van der Waals surface area contributed by atoms with Crippen LogP contribution in [0.15, 0.2) is 18.2 Å². The van der Waals surface area contributed by atoms with E-state index in [0.29, 0.717) is 0 Å². The third-order valence-electron chi connectivity index (χ3n) is 1.88. The first-order valence-corrected chi connectivity index (χ1v) is 3.86. The summed E-state index contributed by atoms with van der Waals surface area (Å²) in [6, 6.07) is 6.09. The van der Waals surface area contributed by atoms with Crippen molar-refractivity contribution in [2.24, 2.45) is 0 Å². The Morgan fingerprint density at radius 1 is 1.27 bits per heavy atom. The van der Waals surface area contributed by atoms with E-state index >= 15 is 0 Å². The lowest BCUT2D eigenvalue weighted by Gasteiger charge is -2.08. The zero-order valence-corrected chi connectivity index (χ0v) is 7.26. The number of aryl methyl sites for hydroxylation is 2. The lowest BCUT2D eigenvalue weighted by atomic mass is 10.0. The molecule has 60 valence electrons. The van der Waals surface area contributed by atoms with Gasteiger partial charge in [-0.15, -0.1) is 0 Å². The molecule has 0 saturated heterocycles. The molecule has 1 unspecified atom stereocenters. The van der Waals surface area contributed by atoms with Gasteiger partial charge in [0.1, 0.15) is 0 Å². The summed E-state index contributed by atoms with van der Waals surface area (Å²) < 4.78 is 0. The van der Waals surface area contributed by atoms with Gasteiger partial charge in [0.05, 0.1) is 6.10 Å². The van der Waals surface area contributed by atoms with Gasteiger partial charge in [-0.3, -0.25) is 0 Å². The normalized spacial score (nSPS) is 13.1. The van der Waals surface area contributed by atoms with Crippen LogP contribution >= 0.6 is 0 Å². The van der Waals surface area contributed by atoms with Crippen LogP contribution in [0.3, 0.4) is 0 Å². The molecule has 1 nitrogen and oxygen atoms in total. The van der Waals surface area contributed by atoms with Gasteiger partial charge >= 0.3 is 0 Å². The number of aliphatic hydroxyl groups excluding tert-OH is 1. The largest absolute Gasteiger partial charge is 0.389 e. The van der Waals surface area contributed by atoms with Crippen LogP contribution in [0.1, 0.15) is 29.7 Å². The van der Waals surface area contributed by atoms with Crippen molar-refractivity contribution in [1.82, 2.24) is 0 Å². The fraction of sp³-hybridized carbons (Fsp3) is 0.400. The van der Waals surface area contributed by atoms with Gasteiger partial charge in [-0.25, -0.2) is 0 Å². The smallest absolute Gasteiger partial charge is 0.0764 e. The van der Waals surface area contributed by atoms with E-state index in [1.807, 2.05) is 19.1 Å². The van der Waals surface area contributed by atoms with Crippen molar-refractivity contribution >= 4 is 0 Å². The number of aliphatic hydroxyl groups is 1. The number of hydrogen-bond acceptors (Lipinski definition) is 1. The maximum absolute atomic E-state index is 9.30. The van der Waals surface area contributed by atoms with Gasteiger partial charge in [0.15, 0.2) is 0 Å². The standard InChI is InChI=1S/C10H14O/c1-7-4-5-10(9(3)11)8(2)6-7/h4-6,9,11H,1-3H3. The average molecular weight is 150 g/mol. The molecule has 0 radical (unpaired) electrons. The highest BCUT2D eigenvalue weighted by Crippen LogP contribution is 2.17. The second-order valence-corrected chi connectivity index (χ2v) is 3.04. The molecule has 0 fully saturated rings. The maximum atomic E-state index is 9.30. The van der Waals surface area contributed by atoms with Crippen molar-refractivity contribution in [3.05, 3.63) is 34.9 Å². The third-order valence-corrected chi connectivity index (χ3v) is 1.88. The van der Waals surface area contributed by atoms with E-state index in [4.69, 9.17) is 0 Å². The quantitative estimate of drug-likeness (QED) is 0.651. The molecular formula is C10H14O. The highest BCUT2D eigenvalue weighted by atomic mass is 16.3. The Balaban J connectivity index is 3.09. The molecule has 0 aliphatic carbocycles. The highest BCUT2D eigenvalue weighted by molar-refractivity contribution is 5.31. The van der Waals surface area contributed by atoms with Gasteiger partial charge in [0.2, 0.25) is 0 Å². The second kappa shape index (κ2) is 3.05. The third kappa shape index (κ3) is 1.81. The lowest BCUT2D eigenvalue weighted by Crippen LogP contribution is -1.94. The summed E-state index contributed by atoms with van der Waals surface area (Å²) in [4.78, 5) is 0. The molecule has 1 rings (SSSR count). The zero-order chi connectivity index (χ0) is 8.43. The van der Waals surface area contributed by atoms with Crippen LogP contribution in [0.2, 0.25) is 0 Å². The minimum Gasteiger partial charge on any atom is -0.389 e. The van der Waals surface area contributed by atoms with Crippen LogP contribution in [0, 0.1) is 13.8 Å². The highest BCUT2D eigenvalue weighted by Gasteiger charge is 2.02. The SMILES string of the molecule is Cc1ccc(C(C)O)c(C)c1. The molecule has 0 bridgehead atoms. The predicted octanol–water partition coefficient (Wildman–Crippen LogP) is 2.36. The molecule has 1 heteroatoms. The van der Waals surface area contributed by atoms with Gasteiger partial charge in [-0.2, -0.15) is 0 Å². The molecule has 0 amide bonds. The van der Waals surface area contributed by atoms with Crippen LogP contribution < -0.4 is 0 Å². The molecule has 0 spiro atoms. The van der Waals surface area contributed by atoms with E-state index in [9.17, 15) is 5.11 Å². The number of rotatable bonds is 1. The van der Waals surface area contributed by atoms with Crippen LogP contribution in [0.25, 0.3) is 0 Å². The summed E-state index contributed by atoms with van der Waals surface area (Å²) in [6.07, 6.45) is -0.351. The van der Waals surface area contributed by atoms with Crippen LogP contribution in [0.5, 0.6) is 0 Å². The van der Waals surface area contributed by atoms with Crippen molar-refractivity contribution < 1.29 is 5.11 Å². The summed E-state index contributed by atoms with van der Waals surface area (Å²) in [5.41, 5.74) is 3.43. The summed E-state index contributed by atoms with van der Waals surface area (Å²) in [5, 5.41) is 9.30. The van der Waals surface area contributed by atoms with E-state index in [-0.39, 0.29) is 6.10 Å². The van der Waals surface area contributed by atoms with Crippen molar-refractivity contribution in [3.63, 3.8) is 0 Å². The monoisotopic (exact) mass is 150 g/mol. The maximum Gasteiger partial charge on any atom is 0.0764 e. The first kappa shape index (κ1) is 8.28. The molecule has 0 heterocycles. The summed E-state index contributed by atoms with van der Waals surface area (Å²) in [6.45, 7) is 5.87. The fourth-order valence-electron chi connectivity index (χ4n) is 1.29. The van der Waals surface area contributed by atoms with Crippen molar-refractivity contribution in [1.29, 1.82) is 0 Å². The molecule has 11 heavy (non-hydrogen) atoms. The lowest BCUT2D eigenvalue weighted by molar-refractivity contribution is 0.198. The van der Waals surface area contributed by atoms with E-state index in [2.05, 4.69) is 13.0 Å². The average Bonchev–Trinajstić information content (AvgIpc) is 1.85. The Morgan fingerprint density at radius 2 is 1.91 bits per heavy atom. The predicted molar refractivity (Wildman–Crippen MR) is 46.5 cm³/mol. The molecule has 1 N–H and O–H groups in total. The molecular weight excluding hydrogens is 136 g/mol. The first-order valence-electron chi connectivity index (χ1n) is 3.86. The van der Waals surface area contributed by atoms with E-state index in [0.717, 1.165) is 5.56 Å². The van der Waals surface area contributed by atoms with Crippen LogP contribution in [-0.4, -0.2) is 5.11 Å². The van der Waals surface area contributed by atoms with Gasteiger partial charge in [0.25, 0.3) is 0 Å². The number of benzene rings is 1. The van der Waals surface area contributed by atoms with Crippen molar-refractivity contribution in [2.75, 3.05) is 0 Å². The first-order chi connectivity index (χ1) is 5.11. The summed E-state index contributed by atoms with van der Waals surface area (Å²) in [7, 11) is 0. The Hall–Kier alpha value is -0.820. The van der Waals surface area contributed by atoms with Crippen LogP contribution in [0.4, 0.5) is 0 Å². The molecule has 0 aliphatic rings. The molecule has 0 aliphatic heterocycles. The summed E-state index contributed by atoms with van der Waals surface area (Å²) >= 11 is 0. The molecule has 1 aromatic carbocycles. The Kier molecular flexibility index (Phi) is 2.30. The zero-order valence-electron chi connectivity index (χ0n) is 7.26. The molecule has 1 atom stereocenters. The molecule has 1 aromatic rings. The Labute approximate surface area is 67.7 Å². The van der Waals surface area contributed by atoms with Gasteiger partial charge in [-0.05, 0) is 31.9 Å². The molecule has 0 aromatic heterocycles. The fourth-order valence-corrected chi connectivity index (χ4v) is 1.29. The van der Waals surface area contributed by atoms with E-state index in [1.165, 1.54) is 11.1 Å². The van der Waals surface area contributed by atoms with E-state index in [1.54, 1.807) is 6.92 Å². The van der Waals surface area contributed by atoms with E-state index < -0.39 is 0 Å². The number of hydrogen-bond donors (Lipinski definition) is 1. The second-order valence-electron chi connectivity index (χ2n) is 3.04. The molecule has 0 saturated carbocycles. The van der Waals surface area contributed by atoms with Gasteiger partial charge in [0, 0.05) is 0 Å². The Bertz CT molecular complexity index is 251. The Morgan fingerprint density at radius 3 is 2.36 bits per heavy atom. The topological polar surface area (TPSA) is 20.2 Å².